The number of rotatable bonds is 9. The number of benzene rings is 3. The smallest absolute Gasteiger partial charge is 0.387 e. The molecule has 0 aliphatic carbocycles. The lowest BCUT2D eigenvalue weighted by Crippen LogP contribution is -2.19. The van der Waals surface area contributed by atoms with Crippen molar-refractivity contribution < 1.29 is 31.4 Å². The van der Waals surface area contributed by atoms with Gasteiger partial charge in [-0.25, -0.2) is 13.6 Å². The molecule has 1 aliphatic rings. The van der Waals surface area contributed by atoms with Gasteiger partial charge < -0.3 is 14.2 Å². The van der Waals surface area contributed by atoms with Gasteiger partial charge in [-0.3, -0.25) is 0 Å². The first kappa shape index (κ1) is 23.7. The Kier molecular flexibility index (Phi) is 6.85. The van der Waals surface area contributed by atoms with Gasteiger partial charge in [-0.2, -0.15) is 8.78 Å². The number of hydrogen-bond donors (Lipinski definition) is 1. The maximum absolute atomic E-state index is 13.0. The van der Waals surface area contributed by atoms with Crippen LogP contribution in [0, 0.1) is 0 Å². The van der Waals surface area contributed by atoms with Crippen LogP contribution >= 0.6 is 0 Å². The molecule has 1 aliphatic heterocycles. The summed E-state index contributed by atoms with van der Waals surface area (Å²) in [6, 6.07) is 17.2. The molecule has 2 N–H and O–H groups in total. The third kappa shape index (κ3) is 5.55. The van der Waals surface area contributed by atoms with Gasteiger partial charge in [0.05, 0.1) is 11.3 Å². The molecular formula is C25H23F2NO5S. The number of halogens is 2. The van der Waals surface area contributed by atoms with Gasteiger partial charge in [0.25, 0.3) is 0 Å². The van der Waals surface area contributed by atoms with Gasteiger partial charge >= 0.3 is 6.61 Å². The summed E-state index contributed by atoms with van der Waals surface area (Å²) in [6.07, 6.45) is 1.61. The summed E-state index contributed by atoms with van der Waals surface area (Å²) < 4.78 is 65.8. The van der Waals surface area contributed by atoms with Crippen LogP contribution in [0.3, 0.4) is 0 Å². The lowest BCUT2D eigenvalue weighted by atomic mass is 9.88. The highest BCUT2D eigenvalue weighted by Crippen LogP contribution is 2.48. The fraction of sp³-hybridized carbons (Fsp3) is 0.200. The minimum Gasteiger partial charge on any atom is -0.490 e. The highest BCUT2D eigenvalue weighted by Gasteiger charge is 2.30. The van der Waals surface area contributed by atoms with Crippen LogP contribution in [0.4, 0.5) is 8.78 Å². The van der Waals surface area contributed by atoms with Gasteiger partial charge in [0.1, 0.15) is 30.0 Å². The molecule has 34 heavy (non-hydrogen) atoms. The number of sulfonamides is 1. The van der Waals surface area contributed by atoms with Gasteiger partial charge in [0, 0.05) is 12.0 Å². The van der Waals surface area contributed by atoms with Gasteiger partial charge in [-0.1, -0.05) is 49.1 Å². The maximum Gasteiger partial charge on any atom is 0.387 e. The molecule has 0 fully saturated rings. The zero-order valence-electron chi connectivity index (χ0n) is 18.1. The fourth-order valence-electron chi connectivity index (χ4n) is 3.96. The molecule has 178 valence electrons. The Morgan fingerprint density at radius 1 is 1.09 bits per heavy atom. The average molecular weight is 488 g/mol. The number of fused-ring (bicyclic) bond motifs is 3. The van der Waals surface area contributed by atoms with E-state index in [0.717, 1.165) is 5.56 Å². The summed E-state index contributed by atoms with van der Waals surface area (Å²) in [4.78, 5) is 0. The molecule has 0 aromatic heterocycles. The van der Waals surface area contributed by atoms with E-state index in [1.807, 2.05) is 24.3 Å². The molecular weight excluding hydrogens is 464 g/mol. The van der Waals surface area contributed by atoms with Crippen molar-refractivity contribution in [3.05, 3.63) is 90.0 Å². The first-order valence-corrected chi connectivity index (χ1v) is 12.2. The fourth-order valence-corrected chi connectivity index (χ4v) is 4.60. The van der Waals surface area contributed by atoms with Crippen molar-refractivity contribution in [3.8, 4) is 28.4 Å². The third-order valence-corrected chi connectivity index (χ3v) is 6.02. The van der Waals surface area contributed by atoms with E-state index in [-0.39, 0.29) is 11.5 Å². The number of nitrogens with two attached hydrogens (primary N) is 1. The Hall–Kier alpha value is -3.43. The van der Waals surface area contributed by atoms with Gasteiger partial charge in [0.2, 0.25) is 10.0 Å². The Bertz CT molecular complexity index is 1290. The second-order valence-electron chi connectivity index (χ2n) is 7.79. The van der Waals surface area contributed by atoms with E-state index in [9.17, 15) is 17.2 Å². The van der Waals surface area contributed by atoms with E-state index in [1.165, 1.54) is 6.07 Å². The van der Waals surface area contributed by atoms with Crippen molar-refractivity contribution in [1.29, 1.82) is 0 Å². The minimum atomic E-state index is -3.76. The first-order valence-electron chi connectivity index (χ1n) is 10.4. The van der Waals surface area contributed by atoms with Crippen LogP contribution in [0.15, 0.2) is 73.3 Å². The van der Waals surface area contributed by atoms with E-state index in [0.29, 0.717) is 46.8 Å². The molecule has 1 atom stereocenters. The molecule has 3 aromatic carbocycles. The number of hydrogen-bond acceptors (Lipinski definition) is 5. The van der Waals surface area contributed by atoms with Crippen LogP contribution in [0.1, 0.15) is 22.8 Å². The van der Waals surface area contributed by atoms with Crippen LogP contribution in [-0.2, 0) is 22.2 Å². The topological polar surface area (TPSA) is 87.8 Å². The summed E-state index contributed by atoms with van der Waals surface area (Å²) in [5.41, 5.74) is 3.10. The first-order chi connectivity index (χ1) is 16.2. The van der Waals surface area contributed by atoms with Crippen molar-refractivity contribution >= 4 is 10.0 Å². The Balaban J connectivity index is 1.73. The van der Waals surface area contributed by atoms with Crippen LogP contribution < -0.4 is 19.3 Å². The summed E-state index contributed by atoms with van der Waals surface area (Å²) >= 11 is 0. The molecule has 3 aromatic rings. The number of primary sulfonamides is 1. The molecule has 0 saturated carbocycles. The molecule has 6 nitrogen and oxygen atoms in total. The molecule has 0 radical (unpaired) electrons. The normalized spacial score (nSPS) is 14.6. The monoisotopic (exact) mass is 487 g/mol. The van der Waals surface area contributed by atoms with Crippen LogP contribution in [0.2, 0.25) is 0 Å². The van der Waals surface area contributed by atoms with Gasteiger partial charge in [-0.15, -0.1) is 0 Å². The summed E-state index contributed by atoms with van der Waals surface area (Å²) in [5.74, 6) is 0.726. The predicted octanol–water partition coefficient (Wildman–Crippen LogP) is 4.98. The molecule has 4 rings (SSSR count). The second kappa shape index (κ2) is 9.82. The molecule has 0 saturated heterocycles. The van der Waals surface area contributed by atoms with Crippen molar-refractivity contribution in [1.82, 2.24) is 0 Å². The summed E-state index contributed by atoms with van der Waals surface area (Å²) in [6.45, 7) is 1.01. The largest absolute Gasteiger partial charge is 0.490 e. The summed E-state index contributed by atoms with van der Waals surface area (Å²) in [7, 11) is -3.76. The van der Waals surface area contributed by atoms with Crippen LogP contribution in [-0.4, -0.2) is 21.6 Å². The molecule has 1 unspecified atom stereocenters. The standard InChI is InChI=1S/C25H23F2NO5S/c1-2-12-31-18-9-6-16(7-10-18)14-23-20-13-17(15-34(28,29)30)8-11-19(20)24-21(32-23)4-3-5-22(24)33-25(26)27/h2-11,13,23,25H,1,12,14-15H2,(H2,28,29,30). The van der Waals surface area contributed by atoms with Crippen molar-refractivity contribution in [3.63, 3.8) is 0 Å². The van der Waals surface area contributed by atoms with Crippen LogP contribution in [0.5, 0.6) is 17.2 Å². The predicted molar refractivity (Wildman–Crippen MR) is 125 cm³/mol. The van der Waals surface area contributed by atoms with Crippen molar-refractivity contribution in [2.24, 2.45) is 5.14 Å². The van der Waals surface area contributed by atoms with Crippen LogP contribution in [0.25, 0.3) is 11.1 Å². The highest BCUT2D eigenvalue weighted by molar-refractivity contribution is 7.88. The molecule has 0 amide bonds. The zero-order chi connectivity index (χ0) is 24.3. The van der Waals surface area contributed by atoms with E-state index in [2.05, 4.69) is 6.58 Å². The summed E-state index contributed by atoms with van der Waals surface area (Å²) in [5, 5.41) is 5.23. The minimum absolute atomic E-state index is 0.0184. The Morgan fingerprint density at radius 2 is 1.82 bits per heavy atom. The van der Waals surface area contributed by atoms with E-state index in [1.54, 1.807) is 36.4 Å². The van der Waals surface area contributed by atoms with Gasteiger partial charge in [0.15, 0.2) is 0 Å². The zero-order valence-corrected chi connectivity index (χ0v) is 18.9. The third-order valence-electron chi connectivity index (χ3n) is 5.29. The Morgan fingerprint density at radius 3 is 2.50 bits per heavy atom. The lowest BCUT2D eigenvalue weighted by molar-refractivity contribution is -0.0496. The maximum atomic E-state index is 13.0. The molecule has 0 bridgehead atoms. The van der Waals surface area contributed by atoms with Crippen molar-refractivity contribution in [2.45, 2.75) is 24.9 Å². The molecule has 0 spiro atoms. The van der Waals surface area contributed by atoms with E-state index >= 15 is 0 Å². The second-order valence-corrected chi connectivity index (χ2v) is 9.41. The Labute approximate surface area is 196 Å². The number of ether oxygens (including phenoxy) is 3. The molecule has 1 heterocycles. The van der Waals surface area contributed by atoms with Gasteiger partial charge in [-0.05, 0) is 41.0 Å². The highest BCUT2D eigenvalue weighted by atomic mass is 32.2. The lowest BCUT2D eigenvalue weighted by Gasteiger charge is -2.30. The van der Waals surface area contributed by atoms with Crippen molar-refractivity contribution in [2.75, 3.05) is 6.61 Å². The van der Waals surface area contributed by atoms with E-state index < -0.39 is 22.7 Å². The molecule has 9 heteroatoms. The number of alkyl halides is 2. The average Bonchev–Trinajstić information content (AvgIpc) is 2.77. The quantitative estimate of drug-likeness (QED) is 0.430. The SMILES string of the molecule is C=CCOc1ccc(CC2Oc3cccc(OC(F)F)c3-c3ccc(CS(N)(=O)=O)cc32)cc1. The van der Waals surface area contributed by atoms with E-state index in [4.69, 9.17) is 19.3 Å².